The van der Waals surface area contributed by atoms with Crippen LogP contribution in [-0.4, -0.2) is 12.7 Å². The van der Waals surface area contributed by atoms with Crippen molar-refractivity contribution < 1.29 is 4.74 Å². The molecule has 0 N–H and O–H groups in total. The minimum absolute atomic E-state index is 0.501. The average Bonchev–Trinajstić information content (AvgIpc) is 2.65. The molecular formula is C24H38O. The molecule has 0 amide bonds. The van der Waals surface area contributed by atoms with Gasteiger partial charge in [0.1, 0.15) is 0 Å². The topological polar surface area (TPSA) is 9.23 Å². The molecule has 25 heavy (non-hydrogen) atoms. The van der Waals surface area contributed by atoms with E-state index < -0.39 is 0 Å². The number of ether oxygens (including phenoxy) is 1. The van der Waals surface area contributed by atoms with Crippen molar-refractivity contribution in [1.29, 1.82) is 0 Å². The molecule has 0 atom stereocenters. The van der Waals surface area contributed by atoms with Crippen molar-refractivity contribution in [3.63, 3.8) is 0 Å². The first-order chi connectivity index (χ1) is 12.3. The van der Waals surface area contributed by atoms with Gasteiger partial charge >= 0.3 is 0 Å². The number of hydrogen-bond donors (Lipinski definition) is 0. The highest BCUT2D eigenvalue weighted by Gasteiger charge is 2.19. The highest BCUT2D eigenvalue weighted by molar-refractivity contribution is 5.24. The molecule has 1 nitrogen and oxygen atoms in total. The Balaban J connectivity index is 1.60. The van der Waals surface area contributed by atoms with E-state index >= 15 is 0 Å². The largest absolute Gasteiger partial charge is 0.379 e. The van der Waals surface area contributed by atoms with Gasteiger partial charge in [-0.05, 0) is 88.2 Å². The van der Waals surface area contributed by atoms with Crippen LogP contribution in [0.3, 0.4) is 0 Å². The molecular weight excluding hydrogens is 304 g/mol. The van der Waals surface area contributed by atoms with Gasteiger partial charge in [0.15, 0.2) is 0 Å². The van der Waals surface area contributed by atoms with Gasteiger partial charge in [-0.1, -0.05) is 50.2 Å². The standard InChI is InChI=1S/C24H38O/c1-3-5-10-21-13-15-22(16-14-21)11-8-6-7-9-12-23-17-19-24(20-18-23)25-4-2/h8-9,11-12,21-24H,3-5,10,13-20H2,1-2H3/b11-8+,12-9+/t21-,22-,23-,24-. The van der Waals surface area contributed by atoms with Crippen LogP contribution in [0, 0.1) is 29.6 Å². The molecule has 0 aromatic heterocycles. The van der Waals surface area contributed by atoms with Gasteiger partial charge < -0.3 is 4.74 Å². The number of rotatable bonds is 7. The van der Waals surface area contributed by atoms with E-state index in [-0.39, 0.29) is 0 Å². The van der Waals surface area contributed by atoms with Crippen molar-refractivity contribution in [2.24, 2.45) is 17.8 Å². The van der Waals surface area contributed by atoms with E-state index in [4.69, 9.17) is 4.74 Å². The number of hydrogen-bond acceptors (Lipinski definition) is 1. The molecule has 0 spiro atoms. The summed E-state index contributed by atoms with van der Waals surface area (Å²) in [4.78, 5) is 0. The van der Waals surface area contributed by atoms with Crippen molar-refractivity contribution in [1.82, 2.24) is 0 Å². The van der Waals surface area contributed by atoms with Gasteiger partial charge in [0.25, 0.3) is 0 Å². The fourth-order valence-corrected chi connectivity index (χ4v) is 4.31. The van der Waals surface area contributed by atoms with Crippen LogP contribution in [0.1, 0.15) is 84.5 Å². The lowest BCUT2D eigenvalue weighted by Gasteiger charge is -2.26. The Morgan fingerprint density at radius 1 is 0.800 bits per heavy atom. The molecule has 2 aliphatic rings. The molecule has 0 radical (unpaired) electrons. The van der Waals surface area contributed by atoms with Gasteiger partial charge in [-0.3, -0.25) is 0 Å². The first kappa shape index (κ1) is 20.3. The summed E-state index contributed by atoms with van der Waals surface area (Å²) in [6.07, 6.45) is 24.0. The Morgan fingerprint density at radius 2 is 1.36 bits per heavy atom. The molecule has 0 saturated heterocycles. The number of unbranched alkanes of at least 4 members (excludes halogenated alkanes) is 1. The van der Waals surface area contributed by atoms with Gasteiger partial charge in [0.2, 0.25) is 0 Å². The van der Waals surface area contributed by atoms with E-state index in [2.05, 4.69) is 50.0 Å². The monoisotopic (exact) mass is 342 g/mol. The number of allylic oxidation sites excluding steroid dienone is 4. The van der Waals surface area contributed by atoms with Crippen molar-refractivity contribution in [3.05, 3.63) is 24.3 Å². The third-order valence-electron chi connectivity index (χ3n) is 5.97. The van der Waals surface area contributed by atoms with Crippen molar-refractivity contribution in [2.75, 3.05) is 6.61 Å². The predicted molar refractivity (Wildman–Crippen MR) is 108 cm³/mol. The fraction of sp³-hybridized carbons (Fsp3) is 0.750. The van der Waals surface area contributed by atoms with E-state index in [1.165, 1.54) is 70.6 Å². The Bertz CT molecular complexity index is 448. The second-order valence-corrected chi connectivity index (χ2v) is 7.92. The third-order valence-corrected chi connectivity index (χ3v) is 5.97. The summed E-state index contributed by atoms with van der Waals surface area (Å²) in [6.45, 7) is 5.24. The van der Waals surface area contributed by atoms with Crippen molar-refractivity contribution in [3.8, 4) is 11.8 Å². The van der Waals surface area contributed by atoms with Crippen LogP contribution >= 0.6 is 0 Å². The summed E-state index contributed by atoms with van der Waals surface area (Å²) >= 11 is 0. The molecule has 2 saturated carbocycles. The summed E-state index contributed by atoms with van der Waals surface area (Å²) in [5.41, 5.74) is 0. The van der Waals surface area contributed by atoms with Crippen LogP contribution in [0.15, 0.2) is 24.3 Å². The van der Waals surface area contributed by atoms with Crippen LogP contribution < -0.4 is 0 Å². The lowest BCUT2D eigenvalue weighted by molar-refractivity contribution is 0.0302. The molecule has 0 aromatic rings. The molecule has 2 fully saturated rings. The van der Waals surface area contributed by atoms with E-state index in [9.17, 15) is 0 Å². The normalized spacial score (nSPS) is 30.5. The maximum atomic E-state index is 5.71. The minimum Gasteiger partial charge on any atom is -0.379 e. The van der Waals surface area contributed by atoms with Gasteiger partial charge in [-0.15, -0.1) is 0 Å². The van der Waals surface area contributed by atoms with Crippen molar-refractivity contribution >= 4 is 0 Å². The van der Waals surface area contributed by atoms with Gasteiger partial charge in [-0.25, -0.2) is 0 Å². The highest BCUT2D eigenvalue weighted by Crippen LogP contribution is 2.32. The molecule has 2 aliphatic carbocycles. The maximum absolute atomic E-state index is 5.71. The zero-order valence-corrected chi connectivity index (χ0v) is 16.5. The van der Waals surface area contributed by atoms with Gasteiger partial charge in [0.05, 0.1) is 6.10 Å². The fourth-order valence-electron chi connectivity index (χ4n) is 4.31. The van der Waals surface area contributed by atoms with E-state index in [1.54, 1.807) is 0 Å². The summed E-state index contributed by atoms with van der Waals surface area (Å²) in [6, 6.07) is 0. The van der Waals surface area contributed by atoms with E-state index in [0.29, 0.717) is 12.0 Å². The second-order valence-electron chi connectivity index (χ2n) is 7.92. The molecule has 0 aliphatic heterocycles. The van der Waals surface area contributed by atoms with Gasteiger partial charge in [0, 0.05) is 6.61 Å². The summed E-state index contributed by atoms with van der Waals surface area (Å²) in [7, 11) is 0. The molecule has 1 heteroatoms. The SMILES string of the molecule is CCCC[C@H]1CC[C@H](/C=C/C#C/C=C/[C@H]2CC[C@H](OCC)CC2)CC1. The lowest BCUT2D eigenvalue weighted by atomic mass is 9.80. The second kappa shape index (κ2) is 12.4. The maximum Gasteiger partial charge on any atom is 0.0575 e. The Labute approximate surface area is 156 Å². The Hall–Kier alpha value is -1.00. The molecule has 140 valence electrons. The summed E-state index contributed by atoms with van der Waals surface area (Å²) in [5, 5.41) is 0. The third kappa shape index (κ3) is 8.28. The first-order valence-corrected chi connectivity index (χ1v) is 10.8. The molecule has 0 aromatic carbocycles. The molecule has 2 rings (SSSR count). The smallest absolute Gasteiger partial charge is 0.0575 e. The van der Waals surface area contributed by atoms with Crippen LogP contribution in [-0.2, 0) is 4.74 Å². The Morgan fingerprint density at radius 3 is 1.88 bits per heavy atom. The summed E-state index contributed by atoms with van der Waals surface area (Å²) in [5.74, 6) is 8.87. The molecule has 0 bridgehead atoms. The molecule has 0 heterocycles. The minimum atomic E-state index is 0.501. The zero-order chi connectivity index (χ0) is 17.7. The zero-order valence-electron chi connectivity index (χ0n) is 16.5. The van der Waals surface area contributed by atoms with Crippen LogP contribution in [0.5, 0.6) is 0 Å². The lowest BCUT2D eigenvalue weighted by Crippen LogP contribution is -2.20. The summed E-state index contributed by atoms with van der Waals surface area (Å²) < 4.78 is 5.71. The van der Waals surface area contributed by atoms with E-state index in [1.807, 2.05) is 0 Å². The van der Waals surface area contributed by atoms with E-state index in [0.717, 1.165) is 18.4 Å². The van der Waals surface area contributed by atoms with Crippen LogP contribution in [0.25, 0.3) is 0 Å². The molecule has 0 unspecified atom stereocenters. The first-order valence-electron chi connectivity index (χ1n) is 10.8. The van der Waals surface area contributed by atoms with Crippen molar-refractivity contribution in [2.45, 2.75) is 90.6 Å². The average molecular weight is 343 g/mol. The Kier molecular flexibility index (Phi) is 10.1. The van der Waals surface area contributed by atoms with Crippen LogP contribution in [0.4, 0.5) is 0 Å². The quantitative estimate of drug-likeness (QED) is 0.468. The predicted octanol–water partition coefficient (Wildman–Crippen LogP) is 6.69. The highest BCUT2D eigenvalue weighted by atomic mass is 16.5. The van der Waals surface area contributed by atoms with Gasteiger partial charge in [-0.2, -0.15) is 0 Å². The van der Waals surface area contributed by atoms with Crippen LogP contribution in [0.2, 0.25) is 0 Å².